The van der Waals surface area contributed by atoms with Crippen molar-refractivity contribution in [3.8, 4) is 17.2 Å². The summed E-state index contributed by atoms with van der Waals surface area (Å²) in [7, 11) is 1.64. The molecule has 1 fully saturated rings. The number of anilines is 1. The van der Waals surface area contributed by atoms with E-state index in [1.165, 1.54) is 0 Å². The number of aromatic nitrogens is 2. The summed E-state index contributed by atoms with van der Waals surface area (Å²) in [4.78, 5) is 14.8. The van der Waals surface area contributed by atoms with Gasteiger partial charge in [0.05, 0.1) is 13.2 Å². The molecule has 0 bridgehead atoms. The molecule has 2 heterocycles. The molecule has 0 aliphatic carbocycles. The fourth-order valence-corrected chi connectivity index (χ4v) is 3.68. The number of amides is 1. The minimum atomic E-state index is -0.0502. The number of benzene rings is 2. The summed E-state index contributed by atoms with van der Waals surface area (Å²) in [5.41, 5.74) is 1.96. The summed E-state index contributed by atoms with van der Waals surface area (Å²) in [5, 5.41) is 11.5. The number of piperidine rings is 1. The minimum Gasteiger partial charge on any atom is -0.497 e. The summed E-state index contributed by atoms with van der Waals surface area (Å²) in [6.07, 6.45) is 1.51. The molecule has 7 nitrogen and oxygen atoms in total. The first kappa shape index (κ1) is 19.9. The molecule has 7 heteroatoms. The number of nitrogens with zero attached hydrogens (tertiary/aromatic N) is 3. The Balaban J connectivity index is 1.30. The van der Waals surface area contributed by atoms with Gasteiger partial charge in [0.2, 0.25) is 11.8 Å². The van der Waals surface area contributed by atoms with E-state index < -0.39 is 0 Å². The molecule has 1 amide bonds. The van der Waals surface area contributed by atoms with E-state index in [0.717, 1.165) is 29.7 Å². The summed E-state index contributed by atoms with van der Waals surface area (Å²) in [5.74, 6) is 1.40. The first-order valence-corrected chi connectivity index (χ1v) is 10.2. The van der Waals surface area contributed by atoms with Crippen molar-refractivity contribution in [3.63, 3.8) is 0 Å². The quantitative estimate of drug-likeness (QED) is 0.670. The predicted octanol–water partition coefficient (Wildman–Crippen LogP) is 3.84. The van der Waals surface area contributed by atoms with E-state index in [2.05, 4.69) is 20.4 Å². The molecule has 156 valence electrons. The van der Waals surface area contributed by atoms with Crippen LogP contribution in [0.5, 0.6) is 5.75 Å². The summed E-state index contributed by atoms with van der Waals surface area (Å²) in [6, 6.07) is 18.0. The zero-order chi connectivity index (χ0) is 20.9. The molecule has 0 unspecified atom stereocenters. The summed E-state index contributed by atoms with van der Waals surface area (Å²) >= 11 is 0. The second-order valence-electron chi connectivity index (χ2n) is 7.52. The van der Waals surface area contributed by atoms with Gasteiger partial charge in [0, 0.05) is 24.6 Å². The van der Waals surface area contributed by atoms with Crippen LogP contribution in [-0.4, -0.2) is 36.3 Å². The van der Waals surface area contributed by atoms with Crippen LogP contribution in [0.1, 0.15) is 31.4 Å². The smallest absolute Gasteiger partial charge is 0.318 e. The van der Waals surface area contributed by atoms with E-state index in [0.29, 0.717) is 25.0 Å². The SMILES string of the molecule is COc1ccc([C@H](C)NC(=O)C2CCN(c3nnc(-c4ccccc4)o3)CC2)cc1. The fraction of sp³-hybridized carbons (Fsp3) is 0.348. The maximum absolute atomic E-state index is 12.7. The van der Waals surface area contributed by atoms with E-state index in [9.17, 15) is 4.79 Å². The van der Waals surface area contributed by atoms with Crippen LogP contribution in [0.4, 0.5) is 6.01 Å². The number of ether oxygens (including phenoxy) is 1. The largest absolute Gasteiger partial charge is 0.497 e. The average Bonchev–Trinajstić information content (AvgIpc) is 3.30. The lowest BCUT2D eigenvalue weighted by Crippen LogP contribution is -2.41. The van der Waals surface area contributed by atoms with E-state index in [1.54, 1.807) is 7.11 Å². The number of rotatable bonds is 6. The highest BCUT2D eigenvalue weighted by atomic mass is 16.5. The van der Waals surface area contributed by atoms with Gasteiger partial charge in [0.25, 0.3) is 0 Å². The van der Waals surface area contributed by atoms with Crippen molar-refractivity contribution in [1.29, 1.82) is 0 Å². The van der Waals surface area contributed by atoms with E-state index in [-0.39, 0.29) is 17.9 Å². The Morgan fingerprint density at radius 1 is 1.10 bits per heavy atom. The lowest BCUT2D eigenvalue weighted by molar-refractivity contribution is -0.126. The van der Waals surface area contributed by atoms with E-state index in [1.807, 2.05) is 61.5 Å². The third-order valence-corrected chi connectivity index (χ3v) is 5.55. The third kappa shape index (κ3) is 4.45. The Kier molecular flexibility index (Phi) is 5.97. The standard InChI is InChI=1S/C23H26N4O3/c1-16(17-8-10-20(29-2)11-9-17)24-21(28)18-12-14-27(15-13-18)23-26-25-22(30-23)19-6-4-3-5-7-19/h3-11,16,18H,12-15H2,1-2H3,(H,24,28)/t16-/m0/s1. The number of hydrogen-bond acceptors (Lipinski definition) is 6. The van der Waals surface area contributed by atoms with Crippen LogP contribution in [0.15, 0.2) is 59.0 Å². The van der Waals surface area contributed by atoms with Crippen molar-refractivity contribution < 1.29 is 13.9 Å². The zero-order valence-electron chi connectivity index (χ0n) is 17.2. The van der Waals surface area contributed by atoms with Gasteiger partial charge in [-0.2, -0.15) is 0 Å². The van der Waals surface area contributed by atoms with Crippen LogP contribution in [0.2, 0.25) is 0 Å². The maximum atomic E-state index is 12.7. The number of hydrogen-bond donors (Lipinski definition) is 1. The molecule has 1 atom stereocenters. The van der Waals surface area contributed by atoms with Gasteiger partial charge in [-0.05, 0) is 49.6 Å². The molecule has 0 radical (unpaired) electrons. The maximum Gasteiger partial charge on any atom is 0.318 e. The lowest BCUT2D eigenvalue weighted by atomic mass is 9.95. The highest BCUT2D eigenvalue weighted by molar-refractivity contribution is 5.79. The van der Waals surface area contributed by atoms with Gasteiger partial charge in [-0.25, -0.2) is 0 Å². The van der Waals surface area contributed by atoms with Crippen LogP contribution in [0.25, 0.3) is 11.5 Å². The second-order valence-corrected chi connectivity index (χ2v) is 7.52. The van der Waals surface area contributed by atoms with Gasteiger partial charge in [0.15, 0.2) is 0 Å². The molecule has 2 aromatic carbocycles. The zero-order valence-corrected chi connectivity index (χ0v) is 17.2. The van der Waals surface area contributed by atoms with Gasteiger partial charge in [-0.1, -0.05) is 35.4 Å². The van der Waals surface area contributed by atoms with Crippen molar-refractivity contribution in [2.45, 2.75) is 25.8 Å². The van der Waals surface area contributed by atoms with Gasteiger partial charge < -0.3 is 19.4 Å². The molecular formula is C23H26N4O3. The first-order valence-electron chi connectivity index (χ1n) is 10.2. The number of carbonyl (C=O) groups excluding carboxylic acids is 1. The summed E-state index contributed by atoms with van der Waals surface area (Å²) in [6.45, 7) is 3.43. The fourth-order valence-electron chi connectivity index (χ4n) is 3.68. The van der Waals surface area contributed by atoms with Crippen LogP contribution >= 0.6 is 0 Å². The molecule has 4 rings (SSSR count). The molecule has 1 aliphatic heterocycles. The third-order valence-electron chi connectivity index (χ3n) is 5.55. The van der Waals surface area contributed by atoms with Crippen LogP contribution in [0.3, 0.4) is 0 Å². The molecule has 0 spiro atoms. The van der Waals surface area contributed by atoms with Gasteiger partial charge in [0.1, 0.15) is 5.75 Å². The number of methoxy groups -OCH3 is 1. The topological polar surface area (TPSA) is 80.5 Å². The Morgan fingerprint density at radius 3 is 2.47 bits per heavy atom. The number of carbonyl (C=O) groups is 1. The van der Waals surface area contributed by atoms with Crippen molar-refractivity contribution in [2.24, 2.45) is 5.92 Å². The van der Waals surface area contributed by atoms with Gasteiger partial charge >= 0.3 is 6.01 Å². The monoisotopic (exact) mass is 406 g/mol. The van der Waals surface area contributed by atoms with Gasteiger partial charge in [-0.15, -0.1) is 5.10 Å². The molecule has 0 saturated carbocycles. The Hall–Kier alpha value is -3.35. The van der Waals surface area contributed by atoms with Crippen molar-refractivity contribution >= 4 is 11.9 Å². The van der Waals surface area contributed by atoms with Crippen LogP contribution < -0.4 is 15.0 Å². The van der Waals surface area contributed by atoms with Crippen LogP contribution in [-0.2, 0) is 4.79 Å². The Bertz CT molecular complexity index is 964. The van der Waals surface area contributed by atoms with Gasteiger partial charge in [-0.3, -0.25) is 4.79 Å². The van der Waals surface area contributed by atoms with Crippen LogP contribution in [0, 0.1) is 5.92 Å². The van der Waals surface area contributed by atoms with Crippen molar-refractivity contribution in [2.75, 3.05) is 25.1 Å². The predicted molar refractivity (Wildman–Crippen MR) is 114 cm³/mol. The van der Waals surface area contributed by atoms with E-state index in [4.69, 9.17) is 9.15 Å². The lowest BCUT2D eigenvalue weighted by Gasteiger charge is -2.30. The molecule has 3 aromatic rings. The molecule has 1 aliphatic rings. The first-order chi connectivity index (χ1) is 14.6. The molecule has 1 aromatic heterocycles. The second kappa shape index (κ2) is 8.98. The van der Waals surface area contributed by atoms with Crippen molar-refractivity contribution in [3.05, 3.63) is 60.2 Å². The summed E-state index contributed by atoms with van der Waals surface area (Å²) < 4.78 is 11.0. The Labute approximate surface area is 176 Å². The number of nitrogens with one attached hydrogen (secondary N) is 1. The molecular weight excluding hydrogens is 380 g/mol. The van der Waals surface area contributed by atoms with Crippen molar-refractivity contribution in [1.82, 2.24) is 15.5 Å². The minimum absolute atomic E-state index is 0.0153. The molecule has 1 N–H and O–H groups in total. The van der Waals surface area contributed by atoms with E-state index >= 15 is 0 Å². The average molecular weight is 406 g/mol. The molecule has 1 saturated heterocycles. The Morgan fingerprint density at radius 2 is 1.80 bits per heavy atom. The normalized spacial score (nSPS) is 15.6. The highest BCUT2D eigenvalue weighted by Gasteiger charge is 2.28. The molecule has 30 heavy (non-hydrogen) atoms. The highest BCUT2D eigenvalue weighted by Crippen LogP contribution is 2.26.